The molecule has 1 atom stereocenters. The summed E-state index contributed by atoms with van der Waals surface area (Å²) >= 11 is 0. The van der Waals surface area contributed by atoms with E-state index in [9.17, 15) is 9.50 Å². The molecule has 1 aromatic carbocycles. The first-order valence-corrected chi connectivity index (χ1v) is 3.51. The van der Waals surface area contributed by atoms with Gasteiger partial charge >= 0.3 is 0 Å². The molecule has 0 spiro atoms. The molecular formula is C9H10FNO. The van der Waals surface area contributed by atoms with E-state index >= 15 is 0 Å². The van der Waals surface area contributed by atoms with Crippen molar-refractivity contribution in [1.82, 2.24) is 0 Å². The molecule has 0 radical (unpaired) electrons. The van der Waals surface area contributed by atoms with Gasteiger partial charge in [0, 0.05) is 5.56 Å². The van der Waals surface area contributed by atoms with Gasteiger partial charge in [0.2, 0.25) is 0 Å². The third-order valence-electron chi connectivity index (χ3n) is 1.60. The van der Waals surface area contributed by atoms with E-state index in [0.717, 1.165) is 0 Å². The highest BCUT2D eigenvalue weighted by Crippen LogP contribution is 2.23. The average Bonchev–Trinajstić information content (AvgIpc) is 2.08. The molecule has 1 aromatic rings. The minimum absolute atomic E-state index is 0.0104. The summed E-state index contributed by atoms with van der Waals surface area (Å²) in [4.78, 5) is 0. The Morgan fingerprint density at radius 2 is 2.25 bits per heavy atom. The second-order valence-corrected chi connectivity index (χ2v) is 2.46. The van der Waals surface area contributed by atoms with Gasteiger partial charge in [-0.1, -0.05) is 6.08 Å². The van der Waals surface area contributed by atoms with Gasteiger partial charge in [0.25, 0.3) is 0 Å². The van der Waals surface area contributed by atoms with Gasteiger partial charge in [-0.25, -0.2) is 4.39 Å². The van der Waals surface area contributed by atoms with E-state index in [2.05, 4.69) is 6.58 Å². The van der Waals surface area contributed by atoms with Crippen LogP contribution in [0.5, 0.6) is 5.75 Å². The van der Waals surface area contributed by atoms with Crippen molar-refractivity contribution in [1.29, 1.82) is 0 Å². The summed E-state index contributed by atoms with van der Waals surface area (Å²) in [5.41, 5.74) is 5.87. The number of rotatable bonds is 2. The van der Waals surface area contributed by atoms with E-state index < -0.39 is 11.9 Å². The zero-order chi connectivity index (χ0) is 9.14. The Morgan fingerprint density at radius 1 is 1.58 bits per heavy atom. The lowest BCUT2D eigenvalue weighted by molar-refractivity contribution is 0.463. The molecule has 0 fully saturated rings. The van der Waals surface area contributed by atoms with Crippen LogP contribution < -0.4 is 5.73 Å². The van der Waals surface area contributed by atoms with Crippen LogP contribution in [0.1, 0.15) is 11.6 Å². The molecule has 0 bridgehead atoms. The molecule has 0 aliphatic rings. The summed E-state index contributed by atoms with van der Waals surface area (Å²) < 4.78 is 12.6. The van der Waals surface area contributed by atoms with Crippen LogP contribution in [0.2, 0.25) is 0 Å². The molecule has 2 nitrogen and oxygen atoms in total. The minimum Gasteiger partial charge on any atom is -0.508 e. The molecule has 0 saturated heterocycles. The van der Waals surface area contributed by atoms with Crippen LogP contribution in [0.3, 0.4) is 0 Å². The first-order valence-electron chi connectivity index (χ1n) is 3.51. The van der Waals surface area contributed by atoms with Crippen LogP contribution in [-0.2, 0) is 0 Å². The predicted octanol–water partition coefficient (Wildman–Crippen LogP) is 1.72. The first-order chi connectivity index (χ1) is 5.65. The monoisotopic (exact) mass is 167 g/mol. The SMILES string of the molecule is C=C[C@@H](N)c1cc(F)ccc1O. The third-order valence-corrected chi connectivity index (χ3v) is 1.60. The highest BCUT2D eigenvalue weighted by atomic mass is 19.1. The summed E-state index contributed by atoms with van der Waals surface area (Å²) in [6.45, 7) is 3.45. The van der Waals surface area contributed by atoms with Gasteiger partial charge in [0.15, 0.2) is 0 Å². The zero-order valence-corrected chi connectivity index (χ0v) is 6.50. The molecular weight excluding hydrogens is 157 g/mol. The molecule has 1 rings (SSSR count). The summed E-state index contributed by atoms with van der Waals surface area (Å²) in [5.74, 6) is -0.427. The molecule has 64 valence electrons. The number of halogens is 1. The molecule has 0 unspecified atom stereocenters. The molecule has 0 aromatic heterocycles. The van der Waals surface area contributed by atoms with Crippen LogP contribution >= 0.6 is 0 Å². The van der Waals surface area contributed by atoms with E-state index in [1.54, 1.807) is 0 Å². The van der Waals surface area contributed by atoms with Crippen LogP contribution in [-0.4, -0.2) is 5.11 Å². The second kappa shape index (κ2) is 3.36. The number of hydrogen-bond donors (Lipinski definition) is 2. The molecule has 0 aliphatic carbocycles. The highest BCUT2D eigenvalue weighted by Gasteiger charge is 2.07. The van der Waals surface area contributed by atoms with E-state index in [4.69, 9.17) is 5.73 Å². The molecule has 0 aliphatic heterocycles. The van der Waals surface area contributed by atoms with Crippen molar-refractivity contribution in [2.45, 2.75) is 6.04 Å². The van der Waals surface area contributed by atoms with Crippen molar-refractivity contribution in [2.75, 3.05) is 0 Å². The lowest BCUT2D eigenvalue weighted by Gasteiger charge is -2.08. The Balaban J connectivity index is 3.12. The van der Waals surface area contributed by atoms with Gasteiger partial charge in [-0.05, 0) is 18.2 Å². The summed E-state index contributed by atoms with van der Waals surface area (Å²) in [6.07, 6.45) is 1.44. The highest BCUT2D eigenvalue weighted by molar-refractivity contribution is 5.36. The number of aromatic hydroxyl groups is 1. The van der Waals surface area contributed by atoms with Crippen molar-refractivity contribution in [3.05, 3.63) is 42.2 Å². The van der Waals surface area contributed by atoms with Crippen LogP contribution in [0, 0.1) is 5.82 Å². The Kier molecular flexibility index (Phi) is 2.45. The van der Waals surface area contributed by atoms with Gasteiger partial charge in [-0.2, -0.15) is 0 Å². The molecule has 0 heterocycles. The lowest BCUT2D eigenvalue weighted by atomic mass is 10.1. The quantitative estimate of drug-likeness (QED) is 0.659. The van der Waals surface area contributed by atoms with Gasteiger partial charge in [-0.3, -0.25) is 0 Å². The summed E-state index contributed by atoms with van der Waals surface area (Å²) in [6, 6.07) is 3.12. The Bertz CT molecular complexity index is 299. The molecule has 0 amide bonds. The van der Waals surface area contributed by atoms with Gasteiger partial charge < -0.3 is 10.8 Å². The minimum atomic E-state index is -0.527. The number of phenols is 1. The fourth-order valence-corrected chi connectivity index (χ4v) is 0.919. The largest absolute Gasteiger partial charge is 0.508 e. The van der Waals surface area contributed by atoms with Crippen LogP contribution in [0.25, 0.3) is 0 Å². The summed E-state index contributed by atoms with van der Waals surface area (Å²) in [7, 11) is 0. The number of hydrogen-bond acceptors (Lipinski definition) is 2. The molecule has 12 heavy (non-hydrogen) atoms. The maximum Gasteiger partial charge on any atom is 0.123 e. The van der Waals surface area contributed by atoms with Gasteiger partial charge in [0.05, 0.1) is 6.04 Å². The number of benzene rings is 1. The van der Waals surface area contributed by atoms with E-state index in [1.165, 1.54) is 24.3 Å². The van der Waals surface area contributed by atoms with Crippen molar-refractivity contribution in [3.63, 3.8) is 0 Å². The van der Waals surface area contributed by atoms with Crippen LogP contribution in [0.4, 0.5) is 4.39 Å². The van der Waals surface area contributed by atoms with Crippen LogP contribution in [0.15, 0.2) is 30.9 Å². The van der Waals surface area contributed by atoms with Gasteiger partial charge in [-0.15, -0.1) is 6.58 Å². The number of phenolic OH excluding ortho intramolecular Hbond substituents is 1. The zero-order valence-electron chi connectivity index (χ0n) is 6.50. The maximum absolute atomic E-state index is 12.6. The average molecular weight is 167 g/mol. The third kappa shape index (κ3) is 1.62. The lowest BCUT2D eigenvalue weighted by Crippen LogP contribution is -2.06. The second-order valence-electron chi connectivity index (χ2n) is 2.46. The van der Waals surface area contributed by atoms with Gasteiger partial charge in [0.1, 0.15) is 11.6 Å². The standard InChI is InChI=1S/C9H10FNO/c1-2-8(11)7-5-6(10)3-4-9(7)12/h2-5,8,12H,1,11H2/t8-/m1/s1. The summed E-state index contributed by atoms with van der Waals surface area (Å²) in [5, 5.41) is 9.24. The Labute approximate surface area is 70.1 Å². The fourth-order valence-electron chi connectivity index (χ4n) is 0.919. The smallest absolute Gasteiger partial charge is 0.123 e. The van der Waals surface area contributed by atoms with E-state index in [0.29, 0.717) is 5.56 Å². The molecule has 3 N–H and O–H groups in total. The van der Waals surface area contributed by atoms with Crippen molar-refractivity contribution >= 4 is 0 Å². The topological polar surface area (TPSA) is 46.2 Å². The Hall–Kier alpha value is -1.35. The van der Waals surface area contributed by atoms with E-state index in [1.807, 2.05) is 0 Å². The van der Waals surface area contributed by atoms with Crippen molar-refractivity contribution in [3.8, 4) is 5.75 Å². The molecule has 3 heteroatoms. The number of nitrogens with two attached hydrogens (primary N) is 1. The predicted molar refractivity (Wildman–Crippen MR) is 45.2 cm³/mol. The van der Waals surface area contributed by atoms with Crippen molar-refractivity contribution < 1.29 is 9.50 Å². The normalized spacial score (nSPS) is 12.5. The Morgan fingerprint density at radius 3 is 2.83 bits per heavy atom. The maximum atomic E-state index is 12.6. The van der Waals surface area contributed by atoms with E-state index in [-0.39, 0.29) is 5.75 Å². The molecule has 0 saturated carbocycles. The first kappa shape index (κ1) is 8.74. The fraction of sp³-hybridized carbons (Fsp3) is 0.111. The van der Waals surface area contributed by atoms with Crippen molar-refractivity contribution in [2.24, 2.45) is 5.73 Å².